The second-order valence-electron chi connectivity index (χ2n) is 12.3. The number of thiazole rings is 1. The van der Waals surface area contributed by atoms with E-state index in [2.05, 4.69) is 20.8 Å². The topological polar surface area (TPSA) is 188 Å². The average molecular weight is 596 g/mol. The van der Waals surface area contributed by atoms with Crippen molar-refractivity contribution in [1.29, 1.82) is 0 Å². The van der Waals surface area contributed by atoms with Crippen LogP contribution < -0.4 is 16.4 Å². The van der Waals surface area contributed by atoms with E-state index in [1.807, 2.05) is 0 Å². The van der Waals surface area contributed by atoms with Gasteiger partial charge in [0.15, 0.2) is 11.5 Å². The molecule has 0 aromatic carbocycles. The molecule has 1 aliphatic rings. The van der Waals surface area contributed by atoms with Gasteiger partial charge in [-0.25, -0.2) is 9.78 Å². The second-order valence-corrected chi connectivity index (χ2v) is 13.3. The molecule has 13 nitrogen and oxygen atoms in total. The third kappa shape index (κ3) is 10.5. The van der Waals surface area contributed by atoms with Crippen molar-refractivity contribution in [2.45, 2.75) is 104 Å². The summed E-state index contributed by atoms with van der Waals surface area (Å²) >= 11 is 1.12. The first-order valence-electron chi connectivity index (χ1n) is 13.2. The number of amides is 2. The van der Waals surface area contributed by atoms with Gasteiger partial charge < -0.3 is 30.7 Å². The maximum Gasteiger partial charge on any atom is 0.353 e. The number of esters is 2. The van der Waals surface area contributed by atoms with Crippen molar-refractivity contribution in [2.75, 3.05) is 6.54 Å². The van der Waals surface area contributed by atoms with Gasteiger partial charge in [-0.15, -0.1) is 11.3 Å². The maximum atomic E-state index is 13.5. The van der Waals surface area contributed by atoms with E-state index < -0.39 is 58.4 Å². The first kappa shape index (κ1) is 33.8. The highest BCUT2D eigenvalue weighted by atomic mass is 32.1. The van der Waals surface area contributed by atoms with Crippen molar-refractivity contribution in [3.05, 3.63) is 16.1 Å². The summed E-state index contributed by atoms with van der Waals surface area (Å²) in [6.07, 6.45) is -0.390. The summed E-state index contributed by atoms with van der Waals surface area (Å²) in [5.41, 5.74) is 2.42. The number of hydrogen-bond donors (Lipinski definition) is 3. The largest absolute Gasteiger partial charge is 0.460 e. The van der Waals surface area contributed by atoms with Gasteiger partial charge in [0, 0.05) is 18.3 Å². The molecule has 2 amide bonds. The van der Waals surface area contributed by atoms with Gasteiger partial charge in [0.1, 0.15) is 21.9 Å². The molecule has 0 unspecified atom stereocenters. The van der Waals surface area contributed by atoms with Crippen LogP contribution in [0.3, 0.4) is 0 Å². The molecule has 0 aliphatic carbocycles. The van der Waals surface area contributed by atoms with E-state index in [-0.39, 0.29) is 36.7 Å². The molecule has 4 N–H and O–H groups in total. The molecule has 1 aliphatic heterocycles. The Labute approximate surface area is 243 Å². The number of rotatable bonds is 12. The monoisotopic (exact) mass is 595 g/mol. The Hall–Kier alpha value is -3.39. The minimum atomic E-state index is -1.56. The summed E-state index contributed by atoms with van der Waals surface area (Å²) in [4.78, 5) is 72.5. The number of nitrogens with two attached hydrogens (primary N) is 1. The van der Waals surface area contributed by atoms with Gasteiger partial charge in [-0.1, -0.05) is 5.16 Å². The van der Waals surface area contributed by atoms with Crippen LogP contribution in [-0.4, -0.2) is 75.7 Å². The number of nitrogens with zero attached hydrogens (tertiary/aromatic N) is 2. The fourth-order valence-electron chi connectivity index (χ4n) is 3.41. The minimum absolute atomic E-state index is 0.0927. The summed E-state index contributed by atoms with van der Waals surface area (Å²) < 4.78 is 10.7. The molecule has 1 fully saturated rings. The number of Topliss-reactive ketones (excluding diaryl/α,β-unsaturated/α-hetero) is 1. The summed E-state index contributed by atoms with van der Waals surface area (Å²) in [5.74, 6) is -3.28. The van der Waals surface area contributed by atoms with Crippen LogP contribution in [0.5, 0.6) is 0 Å². The van der Waals surface area contributed by atoms with Gasteiger partial charge in [0.25, 0.3) is 0 Å². The molecule has 1 saturated heterocycles. The van der Waals surface area contributed by atoms with Crippen LogP contribution in [0.2, 0.25) is 0 Å². The second kappa shape index (κ2) is 13.1. The normalized spacial score (nSPS) is 18.5. The van der Waals surface area contributed by atoms with Crippen LogP contribution in [0.15, 0.2) is 10.5 Å². The Balaban J connectivity index is 2.29. The highest BCUT2D eigenvalue weighted by Crippen LogP contribution is 2.23. The van der Waals surface area contributed by atoms with Gasteiger partial charge >= 0.3 is 11.9 Å². The number of aromatic nitrogens is 1. The number of β-lactam (4-membered cyclic amide) rings is 1. The molecule has 2 rings (SSSR count). The fourth-order valence-corrected chi connectivity index (χ4v) is 4.18. The van der Waals surface area contributed by atoms with Crippen molar-refractivity contribution >= 4 is 46.6 Å². The zero-order chi connectivity index (χ0) is 31.3. The predicted molar refractivity (Wildman–Crippen MR) is 151 cm³/mol. The van der Waals surface area contributed by atoms with Crippen LogP contribution in [0.4, 0.5) is 0 Å². The van der Waals surface area contributed by atoms with E-state index in [1.54, 1.807) is 41.5 Å². The van der Waals surface area contributed by atoms with Gasteiger partial charge in [-0.05, 0) is 62.3 Å². The third-order valence-electron chi connectivity index (χ3n) is 5.49. The van der Waals surface area contributed by atoms with Gasteiger partial charge in [0.05, 0.1) is 24.4 Å². The van der Waals surface area contributed by atoms with E-state index in [0.29, 0.717) is 5.01 Å². The van der Waals surface area contributed by atoms with Crippen LogP contribution in [-0.2, 0) is 44.7 Å². The number of ether oxygens (including phenoxy) is 2. The van der Waals surface area contributed by atoms with Gasteiger partial charge in [-0.3, -0.25) is 19.2 Å². The van der Waals surface area contributed by atoms with E-state index in [0.717, 1.165) is 11.3 Å². The smallest absolute Gasteiger partial charge is 0.353 e. The number of carbonyl (C=O) groups is 5. The molecular formula is C27H41N5O8S. The molecule has 14 heteroatoms. The molecule has 0 saturated carbocycles. The van der Waals surface area contributed by atoms with E-state index in [1.165, 1.54) is 26.2 Å². The molecule has 3 atom stereocenters. The molecule has 2 heterocycles. The Kier molecular flexibility index (Phi) is 10.8. The van der Waals surface area contributed by atoms with Crippen molar-refractivity contribution in [3.63, 3.8) is 0 Å². The fraction of sp³-hybridized carbons (Fsp3) is 0.667. The lowest BCUT2D eigenvalue weighted by atomic mass is 9.84. The standard InChI is InChI=1S/C27H41N5O8S/c1-14(28)22(35)29-12-16-15(23(36)31-16)10-18(33)21(32-40-27(8,9)24(37)39-26(5,6)7)17-13-41-19(30-17)11-20(34)38-25(2,3)4/h13-16H,10-12,28H2,1-9H3,(H,29,35)(H,31,36)/b32-21-/t14-,15-,16+/m0/s1. The van der Waals surface area contributed by atoms with Crippen molar-refractivity contribution in [1.82, 2.24) is 15.6 Å². The molecule has 0 radical (unpaired) electrons. The number of ketones is 1. The Morgan fingerprint density at radius 1 is 1.10 bits per heavy atom. The average Bonchev–Trinajstić information content (AvgIpc) is 3.25. The Morgan fingerprint density at radius 3 is 2.24 bits per heavy atom. The first-order chi connectivity index (χ1) is 18.7. The lowest BCUT2D eigenvalue weighted by Gasteiger charge is -2.36. The van der Waals surface area contributed by atoms with E-state index in [4.69, 9.17) is 20.0 Å². The summed E-state index contributed by atoms with van der Waals surface area (Å²) in [6, 6.07) is -1.22. The molecule has 0 spiro atoms. The zero-order valence-corrected chi connectivity index (χ0v) is 25.9. The Bertz CT molecular complexity index is 1190. The van der Waals surface area contributed by atoms with E-state index in [9.17, 15) is 24.0 Å². The summed E-state index contributed by atoms with van der Waals surface area (Å²) in [5, 5.41) is 11.2. The summed E-state index contributed by atoms with van der Waals surface area (Å²) in [6.45, 7) is 14.9. The molecule has 41 heavy (non-hydrogen) atoms. The predicted octanol–water partition coefficient (Wildman–Crippen LogP) is 1.41. The number of carbonyl (C=O) groups excluding carboxylic acids is 5. The lowest BCUT2D eigenvalue weighted by molar-refractivity contribution is -0.179. The SMILES string of the molecule is C[C@H](N)C(=O)NC[C@H]1NC(=O)[C@H]1CC(=O)/C(=N\OC(C)(C)C(=O)OC(C)(C)C)c1csc(CC(=O)OC(C)(C)C)n1. The van der Waals surface area contributed by atoms with E-state index >= 15 is 0 Å². The van der Waals surface area contributed by atoms with Crippen LogP contribution in [0.25, 0.3) is 0 Å². The van der Waals surface area contributed by atoms with Crippen molar-refractivity contribution in [3.8, 4) is 0 Å². The van der Waals surface area contributed by atoms with Crippen LogP contribution in [0.1, 0.15) is 79.4 Å². The molecule has 228 valence electrons. The van der Waals surface area contributed by atoms with Gasteiger partial charge in [-0.2, -0.15) is 0 Å². The number of hydrogen-bond acceptors (Lipinski definition) is 12. The minimum Gasteiger partial charge on any atom is -0.460 e. The first-order valence-corrected chi connectivity index (χ1v) is 14.1. The quantitative estimate of drug-likeness (QED) is 0.138. The van der Waals surface area contributed by atoms with Crippen LogP contribution in [0, 0.1) is 5.92 Å². The highest BCUT2D eigenvalue weighted by Gasteiger charge is 2.42. The Morgan fingerprint density at radius 2 is 1.71 bits per heavy atom. The molecule has 1 aromatic rings. The lowest BCUT2D eigenvalue weighted by Crippen LogP contribution is -2.63. The zero-order valence-electron chi connectivity index (χ0n) is 25.1. The van der Waals surface area contributed by atoms with Crippen molar-refractivity contribution in [2.24, 2.45) is 16.8 Å². The molecular weight excluding hydrogens is 554 g/mol. The van der Waals surface area contributed by atoms with Gasteiger partial charge in [0.2, 0.25) is 17.4 Å². The number of oxime groups is 1. The molecule has 0 bridgehead atoms. The maximum absolute atomic E-state index is 13.5. The highest BCUT2D eigenvalue weighted by molar-refractivity contribution is 7.10. The van der Waals surface area contributed by atoms with Crippen molar-refractivity contribution < 1.29 is 38.3 Å². The van der Waals surface area contributed by atoms with Crippen LogP contribution >= 0.6 is 11.3 Å². The molecule has 1 aromatic heterocycles. The third-order valence-corrected chi connectivity index (χ3v) is 6.34. The number of nitrogens with one attached hydrogen (secondary N) is 2. The summed E-state index contributed by atoms with van der Waals surface area (Å²) in [7, 11) is 0.